The molecule has 2 aromatic rings. The lowest BCUT2D eigenvalue weighted by Crippen LogP contribution is -2.57. The van der Waals surface area contributed by atoms with E-state index in [4.69, 9.17) is 11.6 Å². The minimum atomic E-state index is -5.02. The normalized spacial score (nSPS) is 18.4. The minimum Gasteiger partial charge on any atom is -0.373 e. The molecule has 27 heavy (non-hydrogen) atoms. The Bertz CT molecular complexity index is 814. The van der Waals surface area contributed by atoms with Crippen LogP contribution in [0.1, 0.15) is 31.4 Å². The van der Waals surface area contributed by atoms with Gasteiger partial charge in [0.1, 0.15) is 0 Å². The molecule has 0 spiro atoms. The number of rotatable bonds is 3. The maximum atomic E-state index is 12.8. The van der Waals surface area contributed by atoms with E-state index in [2.05, 4.69) is 15.1 Å². The van der Waals surface area contributed by atoms with Crippen molar-refractivity contribution in [2.24, 2.45) is 0 Å². The van der Waals surface area contributed by atoms with Crippen LogP contribution < -0.4 is 0 Å². The molecule has 0 aromatic carbocycles. The first-order chi connectivity index (χ1) is 12.6. The Balaban J connectivity index is 1.65. The number of hydrogen-bond donors (Lipinski definition) is 1. The fourth-order valence-corrected chi connectivity index (χ4v) is 3.00. The van der Waals surface area contributed by atoms with Crippen LogP contribution >= 0.6 is 11.6 Å². The van der Waals surface area contributed by atoms with Crippen molar-refractivity contribution in [2.75, 3.05) is 13.1 Å². The average molecular weight is 404 g/mol. The van der Waals surface area contributed by atoms with Crippen molar-refractivity contribution in [2.45, 2.75) is 37.5 Å². The third-order valence-electron chi connectivity index (χ3n) is 4.59. The van der Waals surface area contributed by atoms with Gasteiger partial charge in [0.2, 0.25) is 5.60 Å². The molecule has 11 heteroatoms. The summed E-state index contributed by atoms with van der Waals surface area (Å²) in [6.07, 6.45) is 0.447. The second-order valence-corrected chi connectivity index (χ2v) is 6.96. The second-order valence-electron chi connectivity index (χ2n) is 6.52. The number of hydrogen-bond acceptors (Lipinski definition) is 5. The van der Waals surface area contributed by atoms with Gasteiger partial charge in [0.05, 0.1) is 23.1 Å². The standard InChI is InChI=1S/C16H17ClF3N5O2/c1-15(27,16(18,19)20)13(26)24-5-2-10(3-6-24)12-4-7-25(23-12)14-21-8-11(17)9-22-14/h4,7-10,27H,2-3,5-6H2,1H3. The van der Waals surface area contributed by atoms with Gasteiger partial charge in [-0.3, -0.25) is 4.79 Å². The Kier molecular flexibility index (Phi) is 5.13. The molecule has 1 aliphatic heterocycles. The van der Waals surface area contributed by atoms with Crippen molar-refractivity contribution in [1.29, 1.82) is 0 Å². The SMILES string of the molecule is CC(O)(C(=O)N1CCC(c2ccn(-c3ncc(Cl)cn3)n2)CC1)C(F)(F)F. The number of piperidine rings is 1. The fraction of sp³-hybridized carbons (Fsp3) is 0.500. The van der Waals surface area contributed by atoms with Gasteiger partial charge >= 0.3 is 6.18 Å². The molecule has 1 N–H and O–H groups in total. The zero-order chi connectivity index (χ0) is 19.8. The van der Waals surface area contributed by atoms with Gasteiger partial charge in [0, 0.05) is 25.2 Å². The summed E-state index contributed by atoms with van der Waals surface area (Å²) in [4.78, 5) is 21.2. The number of likely N-dealkylation sites (tertiary alicyclic amines) is 1. The number of aromatic nitrogens is 4. The Labute approximate surface area is 157 Å². The van der Waals surface area contributed by atoms with Crippen LogP contribution in [-0.2, 0) is 4.79 Å². The van der Waals surface area contributed by atoms with Crippen molar-refractivity contribution in [1.82, 2.24) is 24.6 Å². The molecule has 0 saturated carbocycles. The molecule has 2 aromatic heterocycles. The van der Waals surface area contributed by atoms with Gasteiger partial charge < -0.3 is 10.0 Å². The van der Waals surface area contributed by atoms with E-state index in [0.29, 0.717) is 30.7 Å². The minimum absolute atomic E-state index is 0.0153. The highest BCUT2D eigenvalue weighted by atomic mass is 35.5. The molecule has 1 aliphatic rings. The van der Waals surface area contributed by atoms with E-state index < -0.39 is 17.7 Å². The van der Waals surface area contributed by atoms with Gasteiger partial charge in [-0.2, -0.15) is 18.3 Å². The van der Waals surface area contributed by atoms with E-state index in [-0.39, 0.29) is 19.0 Å². The van der Waals surface area contributed by atoms with Crippen molar-refractivity contribution in [3.05, 3.63) is 35.4 Å². The number of carbonyl (C=O) groups excluding carboxylic acids is 1. The summed E-state index contributed by atoms with van der Waals surface area (Å²) < 4.78 is 40.0. The summed E-state index contributed by atoms with van der Waals surface area (Å²) in [7, 11) is 0. The molecule has 1 atom stereocenters. The molecule has 3 heterocycles. The van der Waals surface area contributed by atoms with E-state index >= 15 is 0 Å². The predicted octanol–water partition coefficient (Wildman–Crippen LogP) is 2.34. The van der Waals surface area contributed by atoms with Crippen LogP contribution in [0.3, 0.4) is 0 Å². The monoisotopic (exact) mass is 403 g/mol. The van der Waals surface area contributed by atoms with Crippen molar-refractivity contribution < 1.29 is 23.1 Å². The van der Waals surface area contributed by atoms with Crippen LogP contribution in [0.15, 0.2) is 24.7 Å². The molecule has 0 bridgehead atoms. The van der Waals surface area contributed by atoms with Gasteiger partial charge in [0.25, 0.3) is 11.9 Å². The van der Waals surface area contributed by atoms with Crippen LogP contribution in [0.4, 0.5) is 13.2 Å². The summed E-state index contributed by atoms with van der Waals surface area (Å²) >= 11 is 5.75. The van der Waals surface area contributed by atoms with Gasteiger partial charge in [-0.25, -0.2) is 14.6 Å². The molecule has 1 amide bonds. The number of nitrogens with zero attached hydrogens (tertiary/aromatic N) is 5. The number of amides is 1. The van der Waals surface area contributed by atoms with Crippen LogP contribution in [0.5, 0.6) is 0 Å². The molecular formula is C16H17ClF3N5O2. The Morgan fingerprint density at radius 3 is 2.41 bits per heavy atom. The van der Waals surface area contributed by atoms with Crippen molar-refractivity contribution in [3.63, 3.8) is 0 Å². The van der Waals surface area contributed by atoms with Crippen LogP contribution in [0.25, 0.3) is 5.95 Å². The fourth-order valence-electron chi connectivity index (χ4n) is 2.90. The molecule has 1 unspecified atom stereocenters. The third kappa shape index (κ3) is 3.91. The average Bonchev–Trinajstić information content (AvgIpc) is 3.11. The van der Waals surface area contributed by atoms with E-state index in [1.54, 1.807) is 12.3 Å². The topological polar surface area (TPSA) is 84.1 Å². The van der Waals surface area contributed by atoms with Crippen LogP contribution in [-0.4, -0.2) is 60.5 Å². The van der Waals surface area contributed by atoms with Gasteiger partial charge in [0.15, 0.2) is 0 Å². The summed E-state index contributed by atoms with van der Waals surface area (Å²) in [5.74, 6) is -0.994. The maximum Gasteiger partial charge on any atom is 0.426 e. The first kappa shape index (κ1) is 19.6. The molecule has 1 fully saturated rings. The van der Waals surface area contributed by atoms with Crippen LogP contribution in [0, 0.1) is 0 Å². The molecule has 0 radical (unpaired) electrons. The summed E-state index contributed by atoms with van der Waals surface area (Å²) in [5, 5.41) is 14.4. The first-order valence-electron chi connectivity index (χ1n) is 8.21. The lowest BCUT2D eigenvalue weighted by molar-refractivity contribution is -0.250. The van der Waals surface area contributed by atoms with Gasteiger partial charge in [-0.05, 0) is 25.8 Å². The highest BCUT2D eigenvalue weighted by Crippen LogP contribution is 2.34. The number of alkyl halides is 3. The largest absolute Gasteiger partial charge is 0.426 e. The Morgan fingerprint density at radius 2 is 1.85 bits per heavy atom. The quantitative estimate of drug-likeness (QED) is 0.850. The number of halogens is 4. The molecule has 7 nitrogen and oxygen atoms in total. The van der Waals surface area contributed by atoms with Crippen molar-refractivity contribution >= 4 is 17.5 Å². The third-order valence-corrected chi connectivity index (χ3v) is 4.79. The lowest BCUT2D eigenvalue weighted by atomic mass is 9.92. The summed E-state index contributed by atoms with van der Waals surface area (Å²) in [5.41, 5.74) is -2.64. The molecule has 1 saturated heterocycles. The second kappa shape index (κ2) is 7.08. The van der Waals surface area contributed by atoms with Crippen molar-refractivity contribution in [3.8, 4) is 5.95 Å². The zero-order valence-corrected chi connectivity index (χ0v) is 15.1. The number of aliphatic hydroxyl groups is 1. The molecule has 146 valence electrons. The predicted molar refractivity (Wildman–Crippen MR) is 89.4 cm³/mol. The zero-order valence-electron chi connectivity index (χ0n) is 14.3. The highest BCUT2D eigenvalue weighted by Gasteiger charge is 2.57. The lowest BCUT2D eigenvalue weighted by Gasteiger charge is -2.36. The Hall–Kier alpha value is -2.20. The van der Waals surface area contributed by atoms with E-state index in [9.17, 15) is 23.1 Å². The van der Waals surface area contributed by atoms with E-state index in [0.717, 1.165) is 10.6 Å². The number of carbonyl (C=O) groups is 1. The van der Waals surface area contributed by atoms with E-state index in [1.807, 2.05) is 0 Å². The smallest absolute Gasteiger partial charge is 0.373 e. The Morgan fingerprint density at radius 1 is 1.26 bits per heavy atom. The van der Waals surface area contributed by atoms with Gasteiger partial charge in [-0.1, -0.05) is 11.6 Å². The van der Waals surface area contributed by atoms with Crippen LogP contribution in [0.2, 0.25) is 5.02 Å². The maximum absolute atomic E-state index is 12.8. The molecule has 0 aliphatic carbocycles. The highest BCUT2D eigenvalue weighted by molar-refractivity contribution is 6.30. The first-order valence-corrected chi connectivity index (χ1v) is 8.59. The van der Waals surface area contributed by atoms with E-state index in [1.165, 1.54) is 17.1 Å². The summed E-state index contributed by atoms with van der Waals surface area (Å²) in [6.45, 7) is 0.704. The molecular weight excluding hydrogens is 387 g/mol. The van der Waals surface area contributed by atoms with Gasteiger partial charge in [-0.15, -0.1) is 0 Å². The molecule has 3 rings (SSSR count). The summed E-state index contributed by atoms with van der Waals surface area (Å²) in [6, 6.07) is 1.78.